The molecule has 6 nitrogen and oxygen atoms in total. The molecular formula is C22H30F2N4O2. The minimum absolute atomic E-state index is 0.0547. The molecule has 0 aliphatic rings. The van der Waals surface area contributed by atoms with Gasteiger partial charge in [0.2, 0.25) is 0 Å². The van der Waals surface area contributed by atoms with E-state index in [9.17, 15) is 13.9 Å². The summed E-state index contributed by atoms with van der Waals surface area (Å²) in [5.74, 6) is 0.668. The van der Waals surface area contributed by atoms with Crippen molar-refractivity contribution < 1.29 is 18.6 Å². The van der Waals surface area contributed by atoms with Gasteiger partial charge in [0.1, 0.15) is 5.75 Å². The number of aliphatic hydroxyl groups is 1. The maximum absolute atomic E-state index is 12.2. The minimum atomic E-state index is -2.87. The van der Waals surface area contributed by atoms with Gasteiger partial charge in [-0.2, -0.15) is 8.78 Å². The van der Waals surface area contributed by atoms with E-state index >= 15 is 0 Å². The third-order valence-electron chi connectivity index (χ3n) is 4.34. The standard InChI is InChI=1S/C22H30F2N4O2/c1-3-25-22(26-13-14-28(2)16-17-7-5-4-6-8-17)27-15-20(29)18-9-11-19(12-10-18)30-21(23)24/h4-12,20-21,29H,3,13-16H2,1-2H3,(H2,25,26,27). The molecule has 0 aliphatic carbocycles. The van der Waals surface area contributed by atoms with Gasteiger partial charge in [-0.1, -0.05) is 42.5 Å². The molecule has 1 atom stereocenters. The number of aliphatic hydroxyl groups excluding tert-OH is 1. The molecule has 0 aromatic heterocycles. The number of benzene rings is 2. The van der Waals surface area contributed by atoms with Crippen LogP contribution in [0.1, 0.15) is 24.2 Å². The van der Waals surface area contributed by atoms with E-state index in [0.717, 1.165) is 13.1 Å². The van der Waals surface area contributed by atoms with Crippen LogP contribution in [0.4, 0.5) is 8.78 Å². The van der Waals surface area contributed by atoms with Gasteiger partial charge in [0, 0.05) is 26.2 Å². The van der Waals surface area contributed by atoms with E-state index < -0.39 is 12.7 Å². The van der Waals surface area contributed by atoms with Gasteiger partial charge in [0.15, 0.2) is 5.96 Å². The Kier molecular flexibility index (Phi) is 10.0. The van der Waals surface area contributed by atoms with Gasteiger partial charge in [-0.05, 0) is 37.2 Å². The average Bonchev–Trinajstić information content (AvgIpc) is 2.72. The summed E-state index contributed by atoms with van der Waals surface area (Å²) in [6.45, 7) is 2.33. The van der Waals surface area contributed by atoms with Crippen molar-refractivity contribution in [3.63, 3.8) is 0 Å². The lowest BCUT2D eigenvalue weighted by Gasteiger charge is -2.18. The number of guanidine groups is 1. The number of hydrogen-bond donors (Lipinski definition) is 3. The van der Waals surface area contributed by atoms with Crippen LogP contribution in [-0.2, 0) is 6.54 Å². The van der Waals surface area contributed by atoms with Gasteiger partial charge in [0.25, 0.3) is 0 Å². The maximum Gasteiger partial charge on any atom is 0.387 e. The van der Waals surface area contributed by atoms with Gasteiger partial charge in [0.05, 0.1) is 12.6 Å². The van der Waals surface area contributed by atoms with Crippen molar-refractivity contribution in [1.29, 1.82) is 0 Å². The fraction of sp³-hybridized carbons (Fsp3) is 0.409. The zero-order valence-electron chi connectivity index (χ0n) is 17.4. The van der Waals surface area contributed by atoms with Gasteiger partial charge < -0.3 is 25.4 Å². The predicted molar refractivity (Wildman–Crippen MR) is 115 cm³/mol. The van der Waals surface area contributed by atoms with Crippen LogP contribution in [-0.4, -0.2) is 55.8 Å². The van der Waals surface area contributed by atoms with Crippen molar-refractivity contribution in [1.82, 2.24) is 15.5 Å². The second kappa shape index (κ2) is 12.8. The quantitative estimate of drug-likeness (QED) is 0.385. The van der Waals surface area contributed by atoms with Gasteiger partial charge in [-0.15, -0.1) is 0 Å². The molecule has 0 bridgehead atoms. The van der Waals surface area contributed by atoms with Gasteiger partial charge in [-0.25, -0.2) is 0 Å². The molecule has 0 amide bonds. The van der Waals surface area contributed by atoms with Crippen LogP contribution in [0.25, 0.3) is 0 Å². The van der Waals surface area contributed by atoms with Crippen molar-refractivity contribution in [2.24, 2.45) is 4.99 Å². The second-order valence-corrected chi connectivity index (χ2v) is 6.83. The van der Waals surface area contributed by atoms with Crippen molar-refractivity contribution in [2.75, 3.05) is 33.2 Å². The summed E-state index contributed by atoms with van der Waals surface area (Å²) >= 11 is 0. The lowest BCUT2D eigenvalue weighted by atomic mass is 10.1. The Morgan fingerprint density at radius 1 is 1.10 bits per heavy atom. The van der Waals surface area contributed by atoms with Crippen molar-refractivity contribution in [3.05, 3.63) is 65.7 Å². The number of aliphatic imine (C=N–C) groups is 1. The van der Waals surface area contributed by atoms with Crippen LogP contribution in [0.5, 0.6) is 5.75 Å². The van der Waals surface area contributed by atoms with Crippen molar-refractivity contribution in [2.45, 2.75) is 26.2 Å². The van der Waals surface area contributed by atoms with Crippen LogP contribution >= 0.6 is 0 Å². The van der Waals surface area contributed by atoms with E-state index in [1.54, 1.807) is 12.1 Å². The Balaban J connectivity index is 1.81. The molecular weight excluding hydrogens is 390 g/mol. The highest BCUT2D eigenvalue weighted by Crippen LogP contribution is 2.19. The Bertz CT molecular complexity index is 757. The highest BCUT2D eigenvalue weighted by molar-refractivity contribution is 5.79. The summed E-state index contributed by atoms with van der Waals surface area (Å²) in [6.07, 6.45) is -0.846. The smallest absolute Gasteiger partial charge is 0.387 e. The molecule has 30 heavy (non-hydrogen) atoms. The fourth-order valence-electron chi connectivity index (χ4n) is 2.84. The van der Waals surface area contributed by atoms with Crippen LogP contribution in [0.3, 0.4) is 0 Å². The first-order valence-corrected chi connectivity index (χ1v) is 9.95. The summed E-state index contributed by atoms with van der Waals surface area (Å²) < 4.78 is 28.7. The SMILES string of the molecule is CCNC(=NCC(O)c1ccc(OC(F)F)cc1)NCCN(C)Cc1ccccc1. The number of likely N-dealkylation sites (N-methyl/N-ethyl adjacent to an activating group) is 1. The van der Waals surface area contributed by atoms with E-state index in [1.165, 1.54) is 17.7 Å². The van der Waals surface area contributed by atoms with Crippen LogP contribution < -0.4 is 15.4 Å². The van der Waals surface area contributed by atoms with Gasteiger partial charge in [-0.3, -0.25) is 4.99 Å². The second-order valence-electron chi connectivity index (χ2n) is 6.83. The number of halogens is 2. The predicted octanol–water partition coefficient (Wildman–Crippen LogP) is 3.01. The number of rotatable bonds is 11. The molecule has 2 rings (SSSR count). The molecule has 3 N–H and O–H groups in total. The monoisotopic (exact) mass is 420 g/mol. The Morgan fingerprint density at radius 3 is 2.43 bits per heavy atom. The summed E-state index contributed by atoms with van der Waals surface area (Å²) in [5.41, 5.74) is 1.84. The first kappa shape index (κ1) is 23.6. The lowest BCUT2D eigenvalue weighted by Crippen LogP contribution is -2.41. The summed E-state index contributed by atoms with van der Waals surface area (Å²) in [7, 11) is 2.06. The van der Waals surface area contributed by atoms with E-state index in [1.807, 2.05) is 25.1 Å². The number of ether oxygens (including phenoxy) is 1. The molecule has 0 fully saturated rings. The Hall–Kier alpha value is -2.71. The molecule has 164 valence electrons. The van der Waals surface area contributed by atoms with Crippen molar-refractivity contribution >= 4 is 5.96 Å². The first-order valence-electron chi connectivity index (χ1n) is 9.95. The summed E-state index contributed by atoms with van der Waals surface area (Å²) in [4.78, 5) is 6.63. The Labute approximate surface area is 176 Å². The molecule has 0 spiro atoms. The highest BCUT2D eigenvalue weighted by atomic mass is 19.3. The molecule has 0 saturated heterocycles. The van der Waals surface area contributed by atoms with Crippen molar-refractivity contribution in [3.8, 4) is 5.75 Å². The van der Waals surface area contributed by atoms with E-state index in [0.29, 0.717) is 24.6 Å². The number of hydrogen-bond acceptors (Lipinski definition) is 4. The first-order chi connectivity index (χ1) is 14.5. The molecule has 1 unspecified atom stereocenters. The normalized spacial score (nSPS) is 12.8. The molecule has 0 saturated carbocycles. The number of nitrogens with one attached hydrogen (secondary N) is 2. The summed E-state index contributed by atoms with van der Waals surface area (Å²) in [6, 6.07) is 16.2. The Morgan fingerprint density at radius 2 is 1.80 bits per heavy atom. The third-order valence-corrected chi connectivity index (χ3v) is 4.34. The topological polar surface area (TPSA) is 69.1 Å². The third kappa shape index (κ3) is 8.75. The zero-order chi connectivity index (χ0) is 21.8. The molecule has 8 heteroatoms. The van der Waals surface area contributed by atoms with E-state index in [-0.39, 0.29) is 12.3 Å². The molecule has 2 aromatic rings. The molecule has 0 heterocycles. The van der Waals surface area contributed by atoms with E-state index in [4.69, 9.17) is 0 Å². The van der Waals surface area contributed by atoms with Gasteiger partial charge >= 0.3 is 6.61 Å². The minimum Gasteiger partial charge on any atom is -0.435 e. The van der Waals surface area contributed by atoms with Crippen LogP contribution in [0.15, 0.2) is 59.6 Å². The average molecular weight is 421 g/mol. The lowest BCUT2D eigenvalue weighted by molar-refractivity contribution is -0.0498. The summed E-state index contributed by atoms with van der Waals surface area (Å²) in [5, 5.41) is 16.7. The number of alkyl halides is 2. The maximum atomic E-state index is 12.2. The largest absolute Gasteiger partial charge is 0.435 e. The molecule has 0 radical (unpaired) electrons. The van der Waals surface area contributed by atoms with Crippen LogP contribution in [0.2, 0.25) is 0 Å². The molecule has 0 aliphatic heterocycles. The van der Waals surface area contributed by atoms with Crippen LogP contribution in [0, 0.1) is 0 Å². The fourth-order valence-corrected chi connectivity index (χ4v) is 2.84. The highest BCUT2D eigenvalue weighted by Gasteiger charge is 2.10. The zero-order valence-corrected chi connectivity index (χ0v) is 17.4. The van der Waals surface area contributed by atoms with E-state index in [2.05, 4.69) is 44.4 Å². The molecule has 2 aromatic carbocycles. The number of nitrogens with zero attached hydrogens (tertiary/aromatic N) is 2.